The lowest BCUT2D eigenvalue weighted by Gasteiger charge is -2.28. The second-order valence-corrected chi connectivity index (χ2v) is 8.86. The molecule has 0 aliphatic rings. The molecule has 0 aliphatic heterocycles. The minimum atomic E-state index is -1.86. The molecule has 27 heavy (non-hydrogen) atoms. The van der Waals surface area contributed by atoms with Gasteiger partial charge in [0.15, 0.2) is 5.11 Å². The number of methoxy groups -OCH3 is 1. The highest BCUT2D eigenvalue weighted by atomic mass is 79.9. The number of rotatable bonds is 5. The van der Waals surface area contributed by atoms with E-state index >= 15 is 0 Å². The first kappa shape index (κ1) is 22.0. The number of thiocarbonyl (C=S) groups is 1. The number of carbonyl (C=O) groups is 1. The summed E-state index contributed by atoms with van der Waals surface area (Å²) in [5, 5.41) is 8.55. The molecule has 5 nitrogen and oxygen atoms in total. The van der Waals surface area contributed by atoms with Crippen molar-refractivity contribution in [3.63, 3.8) is 0 Å². The molecule has 1 unspecified atom stereocenters. The maximum Gasteiger partial charge on any atom is 0.256 e. The average Bonchev–Trinajstić information content (AvgIpc) is 2.62. The number of amides is 1. The molecule has 0 spiro atoms. The maximum absolute atomic E-state index is 12.6. The lowest BCUT2D eigenvalue weighted by Crippen LogP contribution is -2.56. The predicted octanol–water partition coefficient (Wildman–Crippen LogP) is 4.87. The van der Waals surface area contributed by atoms with Crippen molar-refractivity contribution in [1.29, 1.82) is 0 Å². The van der Waals surface area contributed by atoms with Crippen molar-refractivity contribution in [3.05, 3.63) is 58.6 Å². The van der Waals surface area contributed by atoms with E-state index in [0.717, 1.165) is 4.47 Å². The van der Waals surface area contributed by atoms with Crippen LogP contribution in [0.4, 0.5) is 5.69 Å². The fourth-order valence-corrected chi connectivity index (χ4v) is 3.03. The van der Waals surface area contributed by atoms with Gasteiger partial charge in [-0.05, 0) is 52.4 Å². The van der Waals surface area contributed by atoms with Crippen molar-refractivity contribution in [1.82, 2.24) is 10.6 Å². The molecule has 144 valence electrons. The van der Waals surface area contributed by atoms with Crippen LogP contribution in [0.2, 0.25) is 0 Å². The molecule has 1 atom stereocenters. The summed E-state index contributed by atoms with van der Waals surface area (Å²) in [6.45, 7) is 0. The minimum absolute atomic E-state index is 0.165. The van der Waals surface area contributed by atoms with Gasteiger partial charge in [-0.3, -0.25) is 4.79 Å². The zero-order valence-electron chi connectivity index (χ0n) is 13.9. The van der Waals surface area contributed by atoms with Gasteiger partial charge < -0.3 is 20.7 Å². The number of halogens is 4. The van der Waals surface area contributed by atoms with Crippen molar-refractivity contribution >= 4 is 79.7 Å². The largest absolute Gasteiger partial charge is 0.496 e. The predicted molar refractivity (Wildman–Crippen MR) is 118 cm³/mol. The molecule has 0 saturated heterocycles. The molecule has 0 radical (unpaired) electrons. The second kappa shape index (κ2) is 9.80. The van der Waals surface area contributed by atoms with E-state index in [2.05, 4.69) is 31.9 Å². The van der Waals surface area contributed by atoms with Crippen LogP contribution in [0.1, 0.15) is 10.4 Å². The summed E-state index contributed by atoms with van der Waals surface area (Å²) in [6.07, 6.45) is -1.10. The van der Waals surface area contributed by atoms with Gasteiger partial charge in [0.1, 0.15) is 11.9 Å². The van der Waals surface area contributed by atoms with E-state index in [9.17, 15) is 4.79 Å². The molecule has 0 bridgehead atoms. The Bertz CT molecular complexity index is 833. The third kappa shape index (κ3) is 6.40. The summed E-state index contributed by atoms with van der Waals surface area (Å²) in [6, 6.07) is 14.1. The van der Waals surface area contributed by atoms with Crippen molar-refractivity contribution in [3.8, 4) is 5.75 Å². The molecule has 2 aromatic carbocycles. The molecule has 3 N–H and O–H groups in total. The fourth-order valence-electron chi connectivity index (χ4n) is 2.09. The smallest absolute Gasteiger partial charge is 0.256 e. The summed E-state index contributed by atoms with van der Waals surface area (Å²) >= 11 is 26.7. The minimum Gasteiger partial charge on any atom is -0.496 e. The molecule has 1 amide bonds. The molecule has 0 aromatic heterocycles. The first-order valence-corrected chi connectivity index (χ1v) is 9.88. The van der Waals surface area contributed by atoms with E-state index in [-0.39, 0.29) is 5.11 Å². The summed E-state index contributed by atoms with van der Waals surface area (Å²) < 4.78 is 4.12. The number of hydrogen-bond acceptors (Lipinski definition) is 3. The van der Waals surface area contributed by atoms with Crippen LogP contribution in [0.25, 0.3) is 0 Å². The van der Waals surface area contributed by atoms with Gasteiger partial charge in [-0.1, -0.05) is 59.1 Å². The van der Waals surface area contributed by atoms with E-state index in [4.69, 9.17) is 51.8 Å². The Labute approximate surface area is 185 Å². The van der Waals surface area contributed by atoms with Crippen LogP contribution in [0.3, 0.4) is 0 Å². The Kier molecular flexibility index (Phi) is 8.00. The molecule has 0 fully saturated rings. The highest BCUT2D eigenvalue weighted by Crippen LogP contribution is 2.30. The highest BCUT2D eigenvalue weighted by Gasteiger charge is 2.35. The Morgan fingerprint density at radius 2 is 1.74 bits per heavy atom. The van der Waals surface area contributed by atoms with Crippen LogP contribution in [0, 0.1) is 0 Å². The van der Waals surface area contributed by atoms with Gasteiger partial charge in [-0.15, -0.1) is 0 Å². The molecular formula is C17H15BrCl3N3O2S. The van der Waals surface area contributed by atoms with Gasteiger partial charge in [0.25, 0.3) is 5.91 Å². The highest BCUT2D eigenvalue weighted by molar-refractivity contribution is 9.10. The van der Waals surface area contributed by atoms with Crippen LogP contribution in [0.5, 0.6) is 5.75 Å². The summed E-state index contributed by atoms with van der Waals surface area (Å²) in [7, 11) is 1.47. The van der Waals surface area contributed by atoms with E-state index in [0.29, 0.717) is 17.0 Å². The lowest BCUT2D eigenvalue weighted by molar-refractivity contribution is 0.0931. The van der Waals surface area contributed by atoms with Gasteiger partial charge in [-0.2, -0.15) is 0 Å². The molecule has 0 heterocycles. The lowest BCUT2D eigenvalue weighted by atomic mass is 10.2. The van der Waals surface area contributed by atoms with E-state index in [1.807, 2.05) is 24.3 Å². The summed E-state index contributed by atoms with van der Waals surface area (Å²) in [5.74, 6) is -0.0908. The second-order valence-electron chi connectivity index (χ2n) is 5.23. The van der Waals surface area contributed by atoms with Crippen LogP contribution < -0.4 is 20.7 Å². The Balaban J connectivity index is 2.12. The zero-order chi connectivity index (χ0) is 20.0. The number of para-hydroxylation sites is 2. The number of ether oxygens (including phenoxy) is 1. The number of alkyl halides is 3. The van der Waals surface area contributed by atoms with Gasteiger partial charge in [0.2, 0.25) is 3.79 Å². The third-order valence-corrected chi connectivity index (χ3v) is 4.92. The standard InChI is InChI=1S/C17H15BrCl3N3O2S/c1-26-13-9-5-2-6-10(13)14(25)23-15(17(19,20)21)24-16(27)22-12-8-4-3-7-11(12)18/h2-9,15H,1H3,(H,23,25)(H2,22,24,27). The fraction of sp³-hybridized carbons (Fsp3) is 0.176. The van der Waals surface area contributed by atoms with Gasteiger partial charge >= 0.3 is 0 Å². The molecule has 0 saturated carbocycles. The SMILES string of the molecule is COc1ccccc1C(=O)NC(NC(=S)Nc1ccccc1Br)C(Cl)(Cl)Cl. The van der Waals surface area contributed by atoms with Gasteiger partial charge in [0.05, 0.1) is 18.4 Å². The van der Waals surface area contributed by atoms with E-state index in [1.165, 1.54) is 7.11 Å². The van der Waals surface area contributed by atoms with Gasteiger partial charge in [-0.25, -0.2) is 0 Å². The normalized spacial score (nSPS) is 12.0. The third-order valence-electron chi connectivity index (χ3n) is 3.35. The van der Waals surface area contributed by atoms with Crippen molar-refractivity contribution < 1.29 is 9.53 Å². The number of nitrogens with one attached hydrogen (secondary N) is 3. The van der Waals surface area contributed by atoms with Crippen LogP contribution >= 0.6 is 63.0 Å². The Morgan fingerprint density at radius 1 is 1.11 bits per heavy atom. The van der Waals surface area contributed by atoms with Crippen LogP contribution in [0.15, 0.2) is 53.0 Å². The van der Waals surface area contributed by atoms with Crippen molar-refractivity contribution in [2.75, 3.05) is 12.4 Å². The van der Waals surface area contributed by atoms with Crippen molar-refractivity contribution in [2.45, 2.75) is 9.96 Å². The van der Waals surface area contributed by atoms with Crippen LogP contribution in [-0.2, 0) is 0 Å². The number of hydrogen-bond donors (Lipinski definition) is 3. The topological polar surface area (TPSA) is 62.4 Å². The summed E-state index contributed by atoms with van der Waals surface area (Å²) in [4.78, 5) is 12.6. The van der Waals surface area contributed by atoms with E-state index in [1.54, 1.807) is 24.3 Å². The van der Waals surface area contributed by atoms with Gasteiger partial charge in [0, 0.05) is 4.47 Å². The van der Waals surface area contributed by atoms with Crippen molar-refractivity contribution in [2.24, 2.45) is 0 Å². The zero-order valence-corrected chi connectivity index (χ0v) is 18.6. The molecule has 0 aliphatic carbocycles. The number of benzene rings is 2. The first-order chi connectivity index (χ1) is 12.7. The maximum atomic E-state index is 12.6. The molecular weight excluding hydrogens is 497 g/mol. The average molecular weight is 512 g/mol. The first-order valence-electron chi connectivity index (χ1n) is 7.55. The van der Waals surface area contributed by atoms with E-state index < -0.39 is 15.9 Å². The Morgan fingerprint density at radius 3 is 2.37 bits per heavy atom. The number of carbonyl (C=O) groups excluding carboxylic acids is 1. The monoisotopic (exact) mass is 509 g/mol. The van der Waals surface area contributed by atoms with Crippen LogP contribution in [-0.4, -0.2) is 28.1 Å². The Hall–Kier alpha value is -1.25. The number of anilines is 1. The quantitative estimate of drug-likeness (QED) is 0.304. The molecule has 2 rings (SSSR count). The molecule has 2 aromatic rings. The molecule has 10 heteroatoms. The summed E-state index contributed by atoms with van der Waals surface area (Å²) in [5.41, 5.74) is 1.01.